The number of hydrogen-bond acceptors (Lipinski definition) is 4. The summed E-state index contributed by atoms with van der Waals surface area (Å²) in [6.07, 6.45) is 2.47. The molecule has 1 aromatic heterocycles. The number of rotatable bonds is 8. The Balaban J connectivity index is 1.44. The largest absolute Gasteiger partial charge is 0.379 e. The lowest BCUT2D eigenvalue weighted by Gasteiger charge is -2.35. The molecule has 6 heteroatoms. The molecule has 1 N–H and O–H groups in total. The monoisotopic (exact) mass is 413 g/mol. The van der Waals surface area contributed by atoms with Gasteiger partial charge in [0.15, 0.2) is 0 Å². The van der Waals surface area contributed by atoms with Crippen molar-refractivity contribution in [2.75, 3.05) is 39.4 Å². The second kappa shape index (κ2) is 9.74. The molecule has 2 unspecified atom stereocenters. The molecule has 4 rings (SSSR count). The summed E-state index contributed by atoms with van der Waals surface area (Å²) in [4.78, 5) is 19.0. The van der Waals surface area contributed by atoms with Gasteiger partial charge in [0.05, 0.1) is 25.3 Å². The van der Waals surface area contributed by atoms with Crippen molar-refractivity contribution in [1.29, 1.82) is 0 Å². The van der Waals surface area contributed by atoms with Gasteiger partial charge in [-0.2, -0.15) is 0 Å². The number of amides is 2. The third-order valence-electron chi connectivity index (χ3n) is 5.97. The van der Waals surface area contributed by atoms with Crippen molar-refractivity contribution in [3.05, 3.63) is 58.3 Å². The van der Waals surface area contributed by atoms with Crippen LogP contribution in [0.25, 0.3) is 0 Å². The highest BCUT2D eigenvalue weighted by molar-refractivity contribution is 7.10. The molecule has 0 radical (unpaired) electrons. The van der Waals surface area contributed by atoms with Crippen LogP contribution in [0.3, 0.4) is 0 Å². The predicted octanol–water partition coefficient (Wildman–Crippen LogP) is 4.30. The van der Waals surface area contributed by atoms with Crippen molar-refractivity contribution < 1.29 is 9.53 Å². The Morgan fingerprint density at radius 2 is 1.97 bits per heavy atom. The van der Waals surface area contributed by atoms with E-state index in [1.165, 1.54) is 23.3 Å². The van der Waals surface area contributed by atoms with Crippen LogP contribution in [0.15, 0.2) is 47.8 Å². The summed E-state index contributed by atoms with van der Waals surface area (Å²) < 4.78 is 5.53. The van der Waals surface area contributed by atoms with E-state index in [1.54, 1.807) is 11.3 Å². The van der Waals surface area contributed by atoms with Gasteiger partial charge in [0.2, 0.25) is 0 Å². The van der Waals surface area contributed by atoms with Gasteiger partial charge in [0, 0.05) is 31.1 Å². The third kappa shape index (κ3) is 5.38. The van der Waals surface area contributed by atoms with E-state index >= 15 is 0 Å². The minimum Gasteiger partial charge on any atom is -0.379 e. The van der Waals surface area contributed by atoms with Crippen molar-refractivity contribution in [3.63, 3.8) is 0 Å². The summed E-state index contributed by atoms with van der Waals surface area (Å²) in [5.41, 5.74) is 1.19. The van der Waals surface area contributed by atoms with Gasteiger partial charge in [0.1, 0.15) is 0 Å². The van der Waals surface area contributed by atoms with Gasteiger partial charge in [-0.15, -0.1) is 11.3 Å². The first-order chi connectivity index (χ1) is 14.2. The summed E-state index contributed by atoms with van der Waals surface area (Å²) >= 11 is 1.76. The maximum Gasteiger partial charge on any atom is 0.317 e. The molecule has 2 aliphatic rings. The molecule has 1 saturated carbocycles. The van der Waals surface area contributed by atoms with Gasteiger partial charge < -0.3 is 15.0 Å². The third-order valence-corrected chi connectivity index (χ3v) is 6.94. The first kappa shape index (κ1) is 20.4. The zero-order valence-electron chi connectivity index (χ0n) is 17.1. The molecule has 2 atom stereocenters. The second-order valence-corrected chi connectivity index (χ2v) is 9.03. The maximum absolute atomic E-state index is 13.3. The van der Waals surface area contributed by atoms with Crippen molar-refractivity contribution in [1.82, 2.24) is 15.1 Å². The molecular formula is C23H31N3O2S. The fourth-order valence-electron chi connectivity index (χ4n) is 3.97. The van der Waals surface area contributed by atoms with E-state index in [2.05, 4.69) is 46.8 Å². The molecule has 2 fully saturated rings. The Kier molecular flexibility index (Phi) is 6.85. The smallest absolute Gasteiger partial charge is 0.317 e. The van der Waals surface area contributed by atoms with Crippen LogP contribution in [0.1, 0.15) is 42.3 Å². The standard InChI is InChI=1S/C23H31N3O2S/c1-18(20-6-3-2-4-7-20)26(17-19-9-10-19)23(27)24-16-21(22-8-5-15-29-22)25-11-13-28-14-12-25/h2-8,15,18-19,21H,9-14,16-17H2,1H3,(H,24,27). The molecule has 2 aromatic rings. The first-order valence-electron chi connectivity index (χ1n) is 10.7. The highest BCUT2D eigenvalue weighted by atomic mass is 32.1. The van der Waals surface area contributed by atoms with E-state index in [1.807, 2.05) is 23.1 Å². The first-order valence-corrected chi connectivity index (χ1v) is 11.5. The van der Waals surface area contributed by atoms with Crippen LogP contribution >= 0.6 is 11.3 Å². The van der Waals surface area contributed by atoms with Crippen LogP contribution in [0.5, 0.6) is 0 Å². The highest BCUT2D eigenvalue weighted by Crippen LogP contribution is 2.33. The Morgan fingerprint density at radius 1 is 1.21 bits per heavy atom. The number of thiophene rings is 1. The number of nitrogens with one attached hydrogen (secondary N) is 1. The second-order valence-electron chi connectivity index (χ2n) is 8.05. The molecule has 1 aromatic carbocycles. The average molecular weight is 414 g/mol. The zero-order valence-corrected chi connectivity index (χ0v) is 17.9. The normalized spacial score (nSPS) is 19.5. The van der Waals surface area contributed by atoms with Crippen LogP contribution in [-0.2, 0) is 4.74 Å². The van der Waals surface area contributed by atoms with Crippen molar-refractivity contribution in [3.8, 4) is 0 Å². The summed E-state index contributed by atoms with van der Waals surface area (Å²) in [6, 6.07) is 14.9. The number of nitrogens with zero attached hydrogens (tertiary/aromatic N) is 2. The van der Waals surface area contributed by atoms with Gasteiger partial charge in [-0.3, -0.25) is 4.90 Å². The number of carbonyl (C=O) groups is 1. The quantitative estimate of drug-likeness (QED) is 0.702. The molecule has 1 aliphatic carbocycles. The van der Waals surface area contributed by atoms with Crippen LogP contribution in [0, 0.1) is 5.92 Å². The lowest BCUT2D eigenvalue weighted by molar-refractivity contribution is 0.0171. The summed E-state index contributed by atoms with van der Waals surface area (Å²) in [6.45, 7) is 6.93. The molecule has 0 spiro atoms. The predicted molar refractivity (Wildman–Crippen MR) is 117 cm³/mol. The Hall–Kier alpha value is -1.89. The molecular weight excluding hydrogens is 382 g/mol. The molecule has 0 bridgehead atoms. The minimum absolute atomic E-state index is 0.0445. The number of ether oxygens (including phenoxy) is 1. The van der Waals surface area contributed by atoms with Crippen LogP contribution in [0.4, 0.5) is 4.79 Å². The van der Waals surface area contributed by atoms with Gasteiger partial charge in [-0.05, 0) is 42.7 Å². The molecule has 156 valence electrons. The molecule has 5 nitrogen and oxygen atoms in total. The van der Waals surface area contributed by atoms with Crippen LogP contribution in [-0.4, -0.2) is 55.2 Å². The lowest BCUT2D eigenvalue weighted by atomic mass is 10.1. The summed E-state index contributed by atoms with van der Waals surface area (Å²) in [5, 5.41) is 5.38. The van der Waals surface area contributed by atoms with E-state index in [0.29, 0.717) is 12.5 Å². The average Bonchev–Trinajstić information content (AvgIpc) is 3.44. The lowest BCUT2D eigenvalue weighted by Crippen LogP contribution is -2.47. The molecule has 1 aliphatic heterocycles. The maximum atomic E-state index is 13.3. The van der Waals surface area contributed by atoms with Crippen LogP contribution < -0.4 is 5.32 Å². The van der Waals surface area contributed by atoms with E-state index in [0.717, 1.165) is 32.8 Å². The summed E-state index contributed by atoms with van der Waals surface area (Å²) in [5.74, 6) is 0.652. The van der Waals surface area contributed by atoms with Crippen molar-refractivity contribution >= 4 is 17.4 Å². The molecule has 1 saturated heterocycles. The Bertz CT molecular complexity index is 758. The summed E-state index contributed by atoms with van der Waals surface area (Å²) in [7, 11) is 0. The zero-order chi connectivity index (χ0) is 20.1. The minimum atomic E-state index is 0.0445. The fourth-order valence-corrected chi connectivity index (χ4v) is 4.83. The number of morpholine rings is 1. The Labute approximate surface area is 177 Å². The van der Waals surface area contributed by atoms with E-state index in [-0.39, 0.29) is 18.1 Å². The Morgan fingerprint density at radius 3 is 2.62 bits per heavy atom. The van der Waals surface area contributed by atoms with Crippen molar-refractivity contribution in [2.24, 2.45) is 5.92 Å². The number of benzene rings is 1. The number of hydrogen-bond donors (Lipinski definition) is 1. The van der Waals surface area contributed by atoms with Gasteiger partial charge >= 0.3 is 6.03 Å². The molecule has 2 amide bonds. The van der Waals surface area contributed by atoms with E-state index < -0.39 is 0 Å². The van der Waals surface area contributed by atoms with Crippen LogP contribution in [0.2, 0.25) is 0 Å². The number of carbonyl (C=O) groups excluding carboxylic acids is 1. The highest BCUT2D eigenvalue weighted by Gasteiger charge is 2.31. The van der Waals surface area contributed by atoms with Gasteiger partial charge in [-0.25, -0.2) is 4.79 Å². The van der Waals surface area contributed by atoms with Crippen molar-refractivity contribution in [2.45, 2.75) is 31.8 Å². The fraction of sp³-hybridized carbons (Fsp3) is 0.522. The van der Waals surface area contributed by atoms with E-state index in [4.69, 9.17) is 4.74 Å². The molecule has 2 heterocycles. The van der Waals surface area contributed by atoms with Gasteiger partial charge in [0.25, 0.3) is 0 Å². The van der Waals surface area contributed by atoms with E-state index in [9.17, 15) is 4.79 Å². The molecule has 29 heavy (non-hydrogen) atoms. The number of urea groups is 1. The SMILES string of the molecule is CC(c1ccccc1)N(CC1CC1)C(=O)NCC(c1cccs1)N1CCOCC1. The topological polar surface area (TPSA) is 44.8 Å². The van der Waals surface area contributed by atoms with Gasteiger partial charge in [-0.1, -0.05) is 36.4 Å².